The number of carbonyl (C=O) groups is 1. The molecule has 0 radical (unpaired) electrons. The maximum Gasteiger partial charge on any atom is 0.334 e. The third-order valence-corrected chi connectivity index (χ3v) is 0.997. The normalized spacial score (nSPS) is 12.3. The fraction of sp³-hybridized carbons (Fsp3) is 0.500. The van der Waals surface area contributed by atoms with Gasteiger partial charge in [-0.1, -0.05) is 6.58 Å². The van der Waals surface area contributed by atoms with Crippen LogP contribution in [0.3, 0.4) is 0 Å². The molecule has 0 aromatic heterocycles. The molecule has 0 aliphatic heterocycles. The second kappa shape index (κ2) is 3.25. The van der Waals surface area contributed by atoms with Crippen molar-refractivity contribution in [3.8, 4) is 0 Å². The highest BCUT2D eigenvalue weighted by Crippen LogP contribution is 1.96. The Morgan fingerprint density at radius 1 is 1.78 bits per heavy atom. The number of methoxy groups -OCH3 is 1. The summed E-state index contributed by atoms with van der Waals surface area (Å²) in [5.74, 6) is -0.440. The largest absolute Gasteiger partial charge is 0.466 e. The van der Waals surface area contributed by atoms with Crippen LogP contribution in [0, 0.1) is 0 Å². The van der Waals surface area contributed by atoms with Crippen LogP contribution < -0.4 is 5.73 Å². The molecule has 0 aromatic rings. The molecule has 0 aliphatic rings. The highest BCUT2D eigenvalue weighted by Gasteiger charge is 2.09. The van der Waals surface area contributed by atoms with Crippen molar-refractivity contribution in [2.75, 3.05) is 7.11 Å². The highest BCUT2D eigenvalue weighted by molar-refractivity contribution is 5.88. The Kier molecular flexibility index (Phi) is 2.95. The van der Waals surface area contributed by atoms with Crippen molar-refractivity contribution in [2.24, 2.45) is 5.73 Å². The second-order valence-corrected chi connectivity index (χ2v) is 1.81. The van der Waals surface area contributed by atoms with Crippen LogP contribution in [-0.2, 0) is 9.53 Å². The highest BCUT2D eigenvalue weighted by atomic mass is 16.5. The van der Waals surface area contributed by atoms with Crippen molar-refractivity contribution in [3.05, 3.63) is 12.2 Å². The average molecular weight is 129 g/mol. The van der Waals surface area contributed by atoms with E-state index in [0.717, 1.165) is 0 Å². The van der Waals surface area contributed by atoms with Crippen LogP contribution in [0.1, 0.15) is 6.92 Å². The summed E-state index contributed by atoms with van der Waals surface area (Å²) in [6, 6.07) is -0.322. The van der Waals surface area contributed by atoms with E-state index in [9.17, 15) is 4.79 Å². The summed E-state index contributed by atoms with van der Waals surface area (Å²) in [6.45, 7) is 5.11. The van der Waals surface area contributed by atoms with Crippen LogP contribution in [0.2, 0.25) is 0 Å². The number of rotatable bonds is 2. The number of nitrogens with two attached hydrogens (primary N) is 1. The molecule has 3 heteroatoms. The van der Waals surface area contributed by atoms with Gasteiger partial charge in [0.1, 0.15) is 0 Å². The van der Waals surface area contributed by atoms with Crippen molar-refractivity contribution in [1.29, 1.82) is 0 Å². The topological polar surface area (TPSA) is 52.3 Å². The van der Waals surface area contributed by atoms with Crippen molar-refractivity contribution < 1.29 is 9.53 Å². The molecule has 0 bridgehead atoms. The van der Waals surface area contributed by atoms with E-state index in [4.69, 9.17) is 5.73 Å². The van der Waals surface area contributed by atoms with Gasteiger partial charge in [-0.05, 0) is 6.92 Å². The minimum atomic E-state index is -0.440. The molecule has 0 aliphatic carbocycles. The summed E-state index contributed by atoms with van der Waals surface area (Å²) in [4.78, 5) is 10.6. The fourth-order valence-electron chi connectivity index (χ4n) is 0.317. The van der Waals surface area contributed by atoms with Crippen LogP contribution >= 0.6 is 0 Å². The van der Waals surface area contributed by atoms with Gasteiger partial charge in [-0.15, -0.1) is 0 Å². The monoisotopic (exact) mass is 129 g/mol. The van der Waals surface area contributed by atoms with Gasteiger partial charge in [-0.25, -0.2) is 4.79 Å². The summed E-state index contributed by atoms with van der Waals surface area (Å²) in [5, 5.41) is 0. The SMILES string of the molecule is C=C(C(=O)OC)[C@@H](C)N. The minimum Gasteiger partial charge on any atom is -0.466 e. The Balaban J connectivity index is 3.89. The van der Waals surface area contributed by atoms with Crippen LogP contribution in [-0.4, -0.2) is 19.1 Å². The van der Waals surface area contributed by atoms with E-state index in [1.165, 1.54) is 7.11 Å². The maximum absolute atomic E-state index is 10.6. The summed E-state index contributed by atoms with van der Waals surface area (Å²) >= 11 is 0. The van der Waals surface area contributed by atoms with Crippen molar-refractivity contribution in [3.63, 3.8) is 0 Å². The molecule has 0 aromatic carbocycles. The fourth-order valence-corrected chi connectivity index (χ4v) is 0.317. The van der Waals surface area contributed by atoms with Gasteiger partial charge in [0, 0.05) is 11.6 Å². The third kappa shape index (κ3) is 2.28. The lowest BCUT2D eigenvalue weighted by Crippen LogP contribution is -2.23. The van der Waals surface area contributed by atoms with Gasteiger partial charge in [0.2, 0.25) is 0 Å². The lowest BCUT2D eigenvalue weighted by molar-refractivity contribution is -0.136. The molecule has 0 saturated heterocycles. The number of esters is 1. The zero-order chi connectivity index (χ0) is 7.44. The van der Waals surface area contributed by atoms with E-state index in [1.54, 1.807) is 6.92 Å². The smallest absolute Gasteiger partial charge is 0.334 e. The third-order valence-electron chi connectivity index (χ3n) is 0.997. The molecule has 0 saturated carbocycles. The number of ether oxygens (including phenoxy) is 1. The van der Waals surface area contributed by atoms with Crippen LogP contribution in [0.15, 0.2) is 12.2 Å². The molecular formula is C6H11NO2. The Labute approximate surface area is 54.5 Å². The molecule has 3 nitrogen and oxygen atoms in total. The Morgan fingerprint density at radius 3 is 2.33 bits per heavy atom. The number of carbonyl (C=O) groups excluding carboxylic acids is 1. The molecule has 0 amide bonds. The van der Waals surface area contributed by atoms with Crippen LogP contribution in [0.5, 0.6) is 0 Å². The zero-order valence-electron chi connectivity index (χ0n) is 5.68. The molecular weight excluding hydrogens is 118 g/mol. The van der Waals surface area contributed by atoms with Gasteiger partial charge in [-0.3, -0.25) is 0 Å². The van der Waals surface area contributed by atoms with E-state index in [2.05, 4.69) is 11.3 Å². The number of hydrogen-bond donors (Lipinski definition) is 1. The van der Waals surface area contributed by atoms with Gasteiger partial charge >= 0.3 is 5.97 Å². The Bertz CT molecular complexity index is 129. The van der Waals surface area contributed by atoms with Crippen molar-refractivity contribution in [1.82, 2.24) is 0 Å². The molecule has 0 heterocycles. The molecule has 0 unspecified atom stereocenters. The molecule has 0 rings (SSSR count). The first kappa shape index (κ1) is 8.17. The van der Waals surface area contributed by atoms with Crippen LogP contribution in [0.25, 0.3) is 0 Å². The maximum atomic E-state index is 10.6. The van der Waals surface area contributed by atoms with Gasteiger partial charge in [0.05, 0.1) is 7.11 Å². The zero-order valence-corrected chi connectivity index (χ0v) is 5.68. The first-order valence-electron chi connectivity index (χ1n) is 2.62. The van der Waals surface area contributed by atoms with Crippen LogP contribution in [0.4, 0.5) is 0 Å². The van der Waals surface area contributed by atoms with Gasteiger partial charge in [0.15, 0.2) is 0 Å². The summed E-state index contributed by atoms with van der Waals surface area (Å²) in [6.07, 6.45) is 0. The first-order valence-corrected chi connectivity index (χ1v) is 2.62. The molecule has 0 fully saturated rings. The molecule has 2 N–H and O–H groups in total. The molecule has 9 heavy (non-hydrogen) atoms. The standard InChI is InChI=1S/C6H11NO2/c1-4(5(2)7)6(8)9-3/h5H,1,7H2,2-3H3/t5-/m1/s1. The lowest BCUT2D eigenvalue weighted by atomic mass is 10.2. The van der Waals surface area contributed by atoms with E-state index < -0.39 is 5.97 Å². The van der Waals surface area contributed by atoms with E-state index in [1.807, 2.05) is 0 Å². The van der Waals surface area contributed by atoms with Crippen molar-refractivity contribution >= 4 is 5.97 Å². The summed E-state index contributed by atoms with van der Waals surface area (Å²) in [7, 11) is 1.30. The quantitative estimate of drug-likeness (QED) is 0.424. The Morgan fingerprint density at radius 2 is 2.22 bits per heavy atom. The van der Waals surface area contributed by atoms with E-state index in [0.29, 0.717) is 5.57 Å². The predicted molar refractivity (Wildman–Crippen MR) is 34.8 cm³/mol. The average Bonchev–Trinajstić information content (AvgIpc) is 1.84. The van der Waals surface area contributed by atoms with Crippen molar-refractivity contribution in [2.45, 2.75) is 13.0 Å². The molecule has 0 spiro atoms. The minimum absolute atomic E-state index is 0.303. The van der Waals surface area contributed by atoms with E-state index in [-0.39, 0.29) is 6.04 Å². The van der Waals surface area contributed by atoms with Gasteiger partial charge in [-0.2, -0.15) is 0 Å². The van der Waals surface area contributed by atoms with Gasteiger partial charge in [0.25, 0.3) is 0 Å². The summed E-state index contributed by atoms with van der Waals surface area (Å²) in [5.41, 5.74) is 5.62. The number of hydrogen-bond acceptors (Lipinski definition) is 3. The molecule has 1 atom stereocenters. The molecule has 52 valence electrons. The second-order valence-electron chi connectivity index (χ2n) is 1.81. The lowest BCUT2D eigenvalue weighted by Gasteiger charge is -2.04. The predicted octanol–water partition coefficient (Wildman–Crippen LogP) is 0.0628. The summed E-state index contributed by atoms with van der Waals surface area (Å²) < 4.78 is 4.35. The Hall–Kier alpha value is -0.830. The van der Waals surface area contributed by atoms with Gasteiger partial charge < -0.3 is 10.5 Å². The van der Waals surface area contributed by atoms with E-state index >= 15 is 0 Å². The first-order chi connectivity index (χ1) is 4.09.